The van der Waals surface area contributed by atoms with Crippen LogP contribution >= 0.6 is 22.7 Å². The number of benzene rings is 1. The lowest BCUT2D eigenvalue weighted by molar-refractivity contribution is -0.121. The molecule has 168 valence electrons. The summed E-state index contributed by atoms with van der Waals surface area (Å²) in [6.07, 6.45) is 2.23. The molecule has 2 amide bonds. The van der Waals surface area contributed by atoms with Crippen molar-refractivity contribution in [2.75, 3.05) is 23.9 Å². The Morgan fingerprint density at radius 1 is 1.27 bits per heavy atom. The molecule has 4 heterocycles. The van der Waals surface area contributed by atoms with E-state index < -0.39 is 0 Å². The molecule has 9 nitrogen and oxygen atoms in total. The van der Waals surface area contributed by atoms with Gasteiger partial charge in [-0.3, -0.25) is 19.0 Å². The average molecular weight is 482 g/mol. The van der Waals surface area contributed by atoms with Crippen LogP contribution in [-0.4, -0.2) is 40.0 Å². The summed E-state index contributed by atoms with van der Waals surface area (Å²) in [6.45, 7) is 1.89. The van der Waals surface area contributed by atoms with Crippen LogP contribution in [0.15, 0.2) is 40.8 Å². The minimum atomic E-state index is -0.366. The molecule has 4 aromatic rings. The first-order valence-electron chi connectivity index (χ1n) is 10.2. The van der Waals surface area contributed by atoms with Gasteiger partial charge in [-0.05, 0) is 30.7 Å². The van der Waals surface area contributed by atoms with E-state index in [4.69, 9.17) is 4.74 Å². The molecule has 0 aliphatic carbocycles. The van der Waals surface area contributed by atoms with E-state index >= 15 is 0 Å². The van der Waals surface area contributed by atoms with E-state index in [2.05, 4.69) is 15.3 Å². The van der Waals surface area contributed by atoms with Gasteiger partial charge in [-0.15, -0.1) is 22.7 Å². The van der Waals surface area contributed by atoms with Crippen LogP contribution in [-0.2, 0) is 22.6 Å². The number of ether oxygens (including phenoxy) is 1. The van der Waals surface area contributed by atoms with Crippen LogP contribution < -0.4 is 20.5 Å². The summed E-state index contributed by atoms with van der Waals surface area (Å²) in [5.41, 5.74) is 1.89. The number of hydrogen-bond donors (Lipinski definition) is 1. The van der Waals surface area contributed by atoms with E-state index in [1.54, 1.807) is 18.0 Å². The number of carbonyl (C=O) groups excluding carboxylic acids is 2. The molecule has 33 heavy (non-hydrogen) atoms. The average Bonchev–Trinajstić information content (AvgIpc) is 3.45. The fourth-order valence-electron chi connectivity index (χ4n) is 3.51. The number of aromatic nitrogens is 3. The highest BCUT2D eigenvalue weighted by molar-refractivity contribution is 7.18. The quantitative estimate of drug-likeness (QED) is 0.469. The van der Waals surface area contributed by atoms with Crippen molar-refractivity contribution in [3.63, 3.8) is 0 Å². The second kappa shape index (κ2) is 8.41. The van der Waals surface area contributed by atoms with Crippen LogP contribution in [0, 0.1) is 0 Å². The van der Waals surface area contributed by atoms with Crippen LogP contribution in [0.25, 0.3) is 21.5 Å². The number of thiazole rings is 1. The monoisotopic (exact) mass is 481 g/mol. The van der Waals surface area contributed by atoms with Crippen molar-refractivity contribution in [1.29, 1.82) is 0 Å². The molecule has 0 radical (unpaired) electrons. The molecule has 0 atom stereocenters. The number of fused-ring (bicyclic) bond motifs is 2. The Balaban J connectivity index is 1.32. The molecule has 0 fully saturated rings. The number of nitrogens with zero attached hydrogens (tertiary/aromatic N) is 4. The highest BCUT2D eigenvalue weighted by atomic mass is 32.1. The molecule has 0 saturated carbocycles. The Labute approximate surface area is 196 Å². The van der Waals surface area contributed by atoms with E-state index in [9.17, 15) is 14.4 Å². The number of rotatable bonds is 5. The molecule has 0 unspecified atom stereocenters. The topological polar surface area (TPSA) is 106 Å². The standard InChI is InChI=1S/C22H19N5O4S2/c1-3-13-7-14-20(33-13)23-11-27(21(14)30)8-18(28)25-22-24-15(10-32-22)12-4-5-17-16(6-12)26(2)19(29)9-31-17/h4-7,10-11H,3,8-9H2,1-2H3,(H,24,25,28). The molecular formula is C22H19N5O4S2. The summed E-state index contributed by atoms with van der Waals surface area (Å²) in [4.78, 5) is 49.3. The summed E-state index contributed by atoms with van der Waals surface area (Å²) < 4.78 is 6.76. The molecule has 3 aromatic heterocycles. The van der Waals surface area contributed by atoms with Crippen molar-refractivity contribution >= 4 is 55.5 Å². The normalized spacial score (nSPS) is 13.2. The van der Waals surface area contributed by atoms with Gasteiger partial charge in [-0.1, -0.05) is 6.92 Å². The molecule has 5 rings (SSSR count). The number of anilines is 2. The maximum atomic E-state index is 12.7. The lowest BCUT2D eigenvalue weighted by atomic mass is 10.1. The molecule has 1 aliphatic heterocycles. The van der Waals surface area contributed by atoms with Crippen molar-refractivity contribution in [3.8, 4) is 17.0 Å². The van der Waals surface area contributed by atoms with Gasteiger partial charge in [0, 0.05) is 22.9 Å². The van der Waals surface area contributed by atoms with Gasteiger partial charge < -0.3 is 15.0 Å². The number of carbonyl (C=O) groups is 2. The fraction of sp³-hybridized carbons (Fsp3) is 0.227. The van der Waals surface area contributed by atoms with Gasteiger partial charge in [0.1, 0.15) is 17.1 Å². The molecule has 0 saturated heterocycles. The number of thiophene rings is 1. The Bertz CT molecular complexity index is 1450. The third kappa shape index (κ3) is 4.00. The van der Waals surface area contributed by atoms with Crippen molar-refractivity contribution < 1.29 is 14.3 Å². The minimum absolute atomic E-state index is 0.0213. The van der Waals surface area contributed by atoms with E-state index in [0.717, 1.165) is 16.9 Å². The number of aryl methyl sites for hydroxylation is 1. The first-order chi connectivity index (χ1) is 15.9. The predicted octanol–water partition coefficient (Wildman–Crippen LogP) is 3.14. The van der Waals surface area contributed by atoms with E-state index in [0.29, 0.717) is 32.5 Å². The SMILES string of the molecule is CCc1cc2c(=O)n(CC(=O)Nc3nc(-c4ccc5c(c4)N(C)C(=O)CO5)cs3)cnc2s1. The van der Waals surface area contributed by atoms with Gasteiger partial charge in [0.2, 0.25) is 5.91 Å². The Kier molecular flexibility index (Phi) is 5.43. The molecule has 0 bridgehead atoms. The molecule has 0 spiro atoms. The second-order valence-corrected chi connectivity index (χ2v) is 9.45. The molecule has 1 aliphatic rings. The minimum Gasteiger partial charge on any atom is -0.482 e. The molecular weight excluding hydrogens is 462 g/mol. The van der Waals surface area contributed by atoms with E-state index in [1.165, 1.54) is 33.6 Å². The van der Waals surface area contributed by atoms with Crippen LogP contribution in [0.5, 0.6) is 5.75 Å². The Morgan fingerprint density at radius 2 is 2.12 bits per heavy atom. The number of hydrogen-bond acceptors (Lipinski definition) is 8. The zero-order chi connectivity index (χ0) is 23.1. The fourth-order valence-corrected chi connectivity index (χ4v) is 5.17. The molecule has 1 N–H and O–H groups in total. The maximum Gasteiger partial charge on any atom is 0.264 e. The van der Waals surface area contributed by atoms with Gasteiger partial charge in [0.25, 0.3) is 11.5 Å². The van der Waals surface area contributed by atoms with Crippen LogP contribution in [0.3, 0.4) is 0 Å². The smallest absolute Gasteiger partial charge is 0.264 e. The van der Waals surface area contributed by atoms with E-state index in [-0.39, 0.29) is 30.5 Å². The summed E-state index contributed by atoms with van der Waals surface area (Å²) >= 11 is 2.77. The highest BCUT2D eigenvalue weighted by Crippen LogP contribution is 2.36. The van der Waals surface area contributed by atoms with Crippen molar-refractivity contribution in [1.82, 2.24) is 14.5 Å². The highest BCUT2D eigenvalue weighted by Gasteiger charge is 2.23. The number of likely N-dealkylation sites (N-methyl/N-ethyl adjacent to an activating group) is 1. The molecule has 1 aromatic carbocycles. The molecule has 11 heteroatoms. The second-order valence-electron chi connectivity index (χ2n) is 7.47. The summed E-state index contributed by atoms with van der Waals surface area (Å²) in [7, 11) is 1.70. The first kappa shape index (κ1) is 21.3. The van der Waals surface area contributed by atoms with Crippen LogP contribution in [0.4, 0.5) is 10.8 Å². The van der Waals surface area contributed by atoms with Crippen molar-refractivity contribution in [3.05, 3.63) is 51.2 Å². The Hall–Kier alpha value is -3.57. The third-order valence-corrected chi connectivity index (χ3v) is 7.27. The third-order valence-electron chi connectivity index (χ3n) is 5.32. The van der Waals surface area contributed by atoms with Crippen LogP contribution in [0.1, 0.15) is 11.8 Å². The largest absolute Gasteiger partial charge is 0.482 e. The van der Waals surface area contributed by atoms with Gasteiger partial charge in [-0.2, -0.15) is 0 Å². The van der Waals surface area contributed by atoms with Crippen molar-refractivity contribution in [2.24, 2.45) is 0 Å². The summed E-state index contributed by atoms with van der Waals surface area (Å²) in [5, 5.41) is 5.51. The van der Waals surface area contributed by atoms with Gasteiger partial charge >= 0.3 is 0 Å². The lowest BCUT2D eigenvalue weighted by Gasteiger charge is -2.26. The van der Waals surface area contributed by atoms with Gasteiger partial charge in [-0.25, -0.2) is 9.97 Å². The van der Waals surface area contributed by atoms with Crippen LogP contribution in [0.2, 0.25) is 0 Å². The first-order valence-corrected chi connectivity index (χ1v) is 11.9. The van der Waals surface area contributed by atoms with Crippen molar-refractivity contribution in [2.45, 2.75) is 19.9 Å². The lowest BCUT2D eigenvalue weighted by Crippen LogP contribution is -2.35. The Morgan fingerprint density at radius 3 is 2.94 bits per heavy atom. The predicted molar refractivity (Wildman–Crippen MR) is 128 cm³/mol. The summed E-state index contributed by atoms with van der Waals surface area (Å²) in [6, 6.07) is 7.33. The van der Waals surface area contributed by atoms with Gasteiger partial charge in [0.05, 0.1) is 23.1 Å². The summed E-state index contributed by atoms with van der Waals surface area (Å²) in [5.74, 6) is 0.147. The number of nitrogens with one attached hydrogen (secondary N) is 1. The zero-order valence-corrected chi connectivity index (χ0v) is 19.5. The number of amides is 2. The maximum absolute atomic E-state index is 12.7. The van der Waals surface area contributed by atoms with Gasteiger partial charge in [0.15, 0.2) is 11.7 Å². The van der Waals surface area contributed by atoms with E-state index in [1.807, 2.05) is 30.5 Å². The zero-order valence-electron chi connectivity index (χ0n) is 17.8.